The first-order chi connectivity index (χ1) is 8.74. The third-order valence-electron chi connectivity index (χ3n) is 3.09. The minimum atomic E-state index is 0.365. The molecule has 2 rings (SSSR count). The first-order valence-electron chi connectivity index (χ1n) is 6.44. The number of aromatic nitrogens is 2. The summed E-state index contributed by atoms with van der Waals surface area (Å²) in [7, 11) is 0. The van der Waals surface area contributed by atoms with Crippen LogP contribution in [0.4, 0.5) is 5.82 Å². The average molecular weight is 244 g/mol. The van der Waals surface area contributed by atoms with E-state index in [-0.39, 0.29) is 0 Å². The summed E-state index contributed by atoms with van der Waals surface area (Å²) in [6, 6.07) is 8.29. The minimum absolute atomic E-state index is 0.365. The molecule has 4 heteroatoms. The van der Waals surface area contributed by atoms with Gasteiger partial charge in [0.1, 0.15) is 5.82 Å². The van der Waals surface area contributed by atoms with Gasteiger partial charge >= 0.3 is 0 Å². The Balaban J connectivity index is 2.29. The smallest absolute Gasteiger partial charge is 0.148 e. The lowest BCUT2D eigenvalue weighted by Gasteiger charge is -2.18. The van der Waals surface area contributed by atoms with E-state index in [1.807, 2.05) is 31.2 Å². The van der Waals surface area contributed by atoms with Gasteiger partial charge < -0.3 is 11.1 Å². The molecule has 0 fully saturated rings. The first kappa shape index (κ1) is 12.8. The number of para-hydroxylation sites is 2. The lowest BCUT2D eigenvalue weighted by Crippen LogP contribution is -2.23. The van der Waals surface area contributed by atoms with Crippen molar-refractivity contribution in [2.24, 2.45) is 5.73 Å². The van der Waals surface area contributed by atoms with Crippen LogP contribution in [0, 0.1) is 6.92 Å². The van der Waals surface area contributed by atoms with Gasteiger partial charge in [-0.3, -0.25) is 0 Å². The van der Waals surface area contributed by atoms with Crippen LogP contribution < -0.4 is 11.1 Å². The van der Waals surface area contributed by atoms with Crippen molar-refractivity contribution in [2.75, 3.05) is 11.9 Å². The third-order valence-corrected chi connectivity index (χ3v) is 3.09. The van der Waals surface area contributed by atoms with E-state index in [2.05, 4.69) is 22.2 Å². The standard InChI is InChI=1S/C14H20N4/c1-3-11(8-9-15)17-14-10(2)16-12-6-4-5-7-13(12)18-14/h4-7,11H,3,8-9,15H2,1-2H3,(H,17,18). The van der Waals surface area contributed by atoms with Crippen LogP contribution in [0.25, 0.3) is 11.0 Å². The van der Waals surface area contributed by atoms with E-state index >= 15 is 0 Å². The summed E-state index contributed by atoms with van der Waals surface area (Å²) < 4.78 is 0. The molecular weight excluding hydrogens is 224 g/mol. The van der Waals surface area contributed by atoms with Gasteiger partial charge in [0.2, 0.25) is 0 Å². The monoisotopic (exact) mass is 244 g/mol. The van der Waals surface area contributed by atoms with Gasteiger partial charge in [0, 0.05) is 6.04 Å². The molecule has 1 aromatic carbocycles. The predicted octanol–water partition coefficient (Wildman–Crippen LogP) is 2.48. The number of fused-ring (bicyclic) bond motifs is 1. The highest BCUT2D eigenvalue weighted by Gasteiger charge is 2.09. The molecule has 2 aromatic rings. The molecule has 0 radical (unpaired) electrons. The molecule has 0 spiro atoms. The molecule has 1 atom stereocenters. The zero-order chi connectivity index (χ0) is 13.0. The Morgan fingerprint density at radius 3 is 2.50 bits per heavy atom. The van der Waals surface area contributed by atoms with Crippen molar-refractivity contribution in [3.8, 4) is 0 Å². The van der Waals surface area contributed by atoms with E-state index in [0.29, 0.717) is 12.6 Å². The van der Waals surface area contributed by atoms with E-state index in [4.69, 9.17) is 5.73 Å². The molecule has 0 saturated carbocycles. The van der Waals surface area contributed by atoms with Gasteiger partial charge in [0.15, 0.2) is 0 Å². The topological polar surface area (TPSA) is 63.8 Å². The van der Waals surface area contributed by atoms with Crippen molar-refractivity contribution < 1.29 is 0 Å². The molecule has 0 aliphatic carbocycles. The van der Waals surface area contributed by atoms with Crippen LogP contribution in [0.3, 0.4) is 0 Å². The first-order valence-corrected chi connectivity index (χ1v) is 6.44. The van der Waals surface area contributed by atoms with Crippen molar-refractivity contribution in [2.45, 2.75) is 32.7 Å². The van der Waals surface area contributed by atoms with Crippen molar-refractivity contribution in [1.29, 1.82) is 0 Å². The number of nitrogens with zero attached hydrogens (tertiary/aromatic N) is 2. The number of hydrogen-bond acceptors (Lipinski definition) is 4. The van der Waals surface area contributed by atoms with Crippen LogP contribution in [0.15, 0.2) is 24.3 Å². The van der Waals surface area contributed by atoms with Crippen molar-refractivity contribution in [3.05, 3.63) is 30.0 Å². The minimum Gasteiger partial charge on any atom is -0.366 e. The van der Waals surface area contributed by atoms with Crippen LogP contribution in [-0.4, -0.2) is 22.6 Å². The maximum Gasteiger partial charge on any atom is 0.148 e. The molecule has 1 heterocycles. The molecule has 0 aliphatic heterocycles. The summed E-state index contributed by atoms with van der Waals surface area (Å²) in [6.45, 7) is 4.82. The van der Waals surface area contributed by atoms with E-state index in [0.717, 1.165) is 35.4 Å². The predicted molar refractivity (Wildman–Crippen MR) is 75.6 cm³/mol. The molecule has 0 amide bonds. The van der Waals surface area contributed by atoms with Gasteiger partial charge in [-0.25, -0.2) is 9.97 Å². The highest BCUT2D eigenvalue weighted by molar-refractivity contribution is 5.76. The SMILES string of the molecule is CCC(CCN)Nc1nc2ccccc2nc1C. The van der Waals surface area contributed by atoms with Crippen molar-refractivity contribution in [1.82, 2.24) is 9.97 Å². The fourth-order valence-electron chi connectivity index (χ4n) is 2.00. The molecule has 1 aromatic heterocycles. The quantitative estimate of drug-likeness (QED) is 0.848. The number of nitrogens with one attached hydrogen (secondary N) is 1. The molecule has 18 heavy (non-hydrogen) atoms. The zero-order valence-corrected chi connectivity index (χ0v) is 11.0. The highest BCUT2D eigenvalue weighted by Crippen LogP contribution is 2.17. The largest absolute Gasteiger partial charge is 0.366 e. The Hall–Kier alpha value is -1.68. The van der Waals surface area contributed by atoms with Gasteiger partial charge in [-0.2, -0.15) is 0 Å². The molecular formula is C14H20N4. The van der Waals surface area contributed by atoms with Gasteiger partial charge in [0.05, 0.1) is 16.7 Å². The van der Waals surface area contributed by atoms with Gasteiger partial charge in [-0.1, -0.05) is 19.1 Å². The second-order valence-electron chi connectivity index (χ2n) is 4.47. The maximum absolute atomic E-state index is 5.61. The Labute approximate surface area is 108 Å². The Bertz CT molecular complexity index is 524. The summed E-state index contributed by atoms with van der Waals surface area (Å²) in [5.41, 5.74) is 8.41. The summed E-state index contributed by atoms with van der Waals surface area (Å²) >= 11 is 0. The van der Waals surface area contributed by atoms with Crippen LogP contribution >= 0.6 is 0 Å². The van der Waals surface area contributed by atoms with Crippen molar-refractivity contribution >= 4 is 16.9 Å². The van der Waals surface area contributed by atoms with Crippen LogP contribution in [0.2, 0.25) is 0 Å². The van der Waals surface area contributed by atoms with Gasteiger partial charge in [0.25, 0.3) is 0 Å². The maximum atomic E-state index is 5.61. The van der Waals surface area contributed by atoms with Crippen LogP contribution in [0.5, 0.6) is 0 Å². The summed E-state index contributed by atoms with van der Waals surface area (Å²) in [4.78, 5) is 9.20. The highest BCUT2D eigenvalue weighted by atomic mass is 15.0. The van der Waals surface area contributed by atoms with Gasteiger partial charge in [-0.15, -0.1) is 0 Å². The number of nitrogens with two attached hydrogens (primary N) is 1. The number of anilines is 1. The number of rotatable bonds is 5. The van der Waals surface area contributed by atoms with Gasteiger partial charge in [-0.05, 0) is 38.4 Å². The Morgan fingerprint density at radius 1 is 1.22 bits per heavy atom. The van der Waals surface area contributed by atoms with Crippen LogP contribution in [0.1, 0.15) is 25.5 Å². The molecule has 3 N–H and O–H groups in total. The number of aryl methyl sites for hydroxylation is 1. The van der Waals surface area contributed by atoms with E-state index < -0.39 is 0 Å². The van der Waals surface area contributed by atoms with E-state index in [1.54, 1.807) is 0 Å². The fraction of sp³-hybridized carbons (Fsp3) is 0.429. The molecule has 0 bridgehead atoms. The molecule has 0 aliphatic rings. The van der Waals surface area contributed by atoms with E-state index in [9.17, 15) is 0 Å². The molecule has 1 unspecified atom stereocenters. The normalized spacial score (nSPS) is 12.6. The molecule has 96 valence electrons. The second kappa shape index (κ2) is 5.78. The number of hydrogen-bond donors (Lipinski definition) is 2. The molecule has 0 saturated heterocycles. The summed E-state index contributed by atoms with van der Waals surface area (Å²) in [5, 5.41) is 3.44. The Kier molecular flexibility index (Phi) is 4.10. The lowest BCUT2D eigenvalue weighted by molar-refractivity contribution is 0.639. The van der Waals surface area contributed by atoms with E-state index in [1.165, 1.54) is 0 Å². The molecule has 4 nitrogen and oxygen atoms in total. The summed E-state index contributed by atoms with van der Waals surface area (Å²) in [5.74, 6) is 0.869. The van der Waals surface area contributed by atoms with Crippen LogP contribution in [-0.2, 0) is 0 Å². The average Bonchev–Trinajstić information content (AvgIpc) is 2.39. The zero-order valence-electron chi connectivity index (χ0n) is 11.0. The second-order valence-corrected chi connectivity index (χ2v) is 4.47. The summed E-state index contributed by atoms with van der Waals surface area (Å²) in [6.07, 6.45) is 1.98. The fourth-order valence-corrected chi connectivity index (χ4v) is 2.00. The third kappa shape index (κ3) is 2.76. The number of benzene rings is 1. The Morgan fingerprint density at radius 2 is 1.89 bits per heavy atom. The lowest BCUT2D eigenvalue weighted by atomic mass is 10.1. The van der Waals surface area contributed by atoms with Crippen molar-refractivity contribution in [3.63, 3.8) is 0 Å².